The SMILES string of the molecule is CC/C=C\C/C=C\C/C=C\C/C=C\C/C=C\CC(CC(=O)NC(CO)C(O)CCCCCCCCCCCCCCCCC)OC(=O)CCCCCCCCC/C=C\CCCCCC. The summed E-state index contributed by atoms with van der Waals surface area (Å²) in [5.74, 6) is -0.583. The van der Waals surface area contributed by atoms with E-state index in [1.54, 1.807) is 0 Å². The number of aliphatic hydroxyl groups is 2. The fourth-order valence-corrected chi connectivity index (χ4v) is 7.92. The number of nitrogens with one attached hydrogen (secondary N) is 1. The molecule has 0 bridgehead atoms. The molecule has 3 N–H and O–H groups in total. The Bertz CT molecular complexity index is 1190. The number of aliphatic hydroxyl groups excluding tert-OH is 2. The molecular weight excluding hydrogens is 791 g/mol. The van der Waals surface area contributed by atoms with Crippen molar-refractivity contribution >= 4 is 11.9 Å². The van der Waals surface area contributed by atoms with Crippen LogP contribution in [0, 0.1) is 0 Å². The van der Waals surface area contributed by atoms with Crippen LogP contribution in [0.5, 0.6) is 0 Å². The van der Waals surface area contributed by atoms with Gasteiger partial charge in [0.05, 0.1) is 25.2 Å². The van der Waals surface area contributed by atoms with E-state index in [1.807, 2.05) is 12.2 Å². The quantitative estimate of drug-likeness (QED) is 0.0321. The van der Waals surface area contributed by atoms with Gasteiger partial charge in [-0.15, -0.1) is 0 Å². The van der Waals surface area contributed by atoms with Gasteiger partial charge in [-0.25, -0.2) is 0 Å². The molecular formula is C58H103NO5. The number of unbranched alkanes of at least 4 members (excludes halogenated alkanes) is 25. The van der Waals surface area contributed by atoms with E-state index in [0.29, 0.717) is 19.3 Å². The fourth-order valence-electron chi connectivity index (χ4n) is 7.92. The first-order valence-corrected chi connectivity index (χ1v) is 27.2. The molecule has 0 rings (SSSR count). The number of hydrogen-bond donors (Lipinski definition) is 3. The van der Waals surface area contributed by atoms with Crippen molar-refractivity contribution in [2.45, 2.75) is 277 Å². The Kier molecular flexibility index (Phi) is 49.1. The zero-order chi connectivity index (χ0) is 46.7. The predicted octanol–water partition coefficient (Wildman–Crippen LogP) is 16.6. The van der Waals surface area contributed by atoms with Crippen LogP contribution in [0.4, 0.5) is 0 Å². The maximum Gasteiger partial charge on any atom is 0.306 e. The summed E-state index contributed by atoms with van der Waals surface area (Å²) >= 11 is 0. The Hall–Kier alpha value is -2.70. The molecule has 6 nitrogen and oxygen atoms in total. The standard InChI is InChI=1S/C58H103NO5/c1-4-7-10-13-16-19-22-25-28-31-34-37-40-43-46-49-54(64-58(63)51-48-45-42-39-36-33-30-27-24-21-18-15-12-9-6-3)52-57(62)59-55(53-60)56(61)50-47-44-41-38-35-32-29-26-23-20-17-14-11-8-5-2/h7,10,16,19,21,24-25,28,34,37,43,46,54-56,60-61H,4-6,8-9,11-15,17-18,20,22-23,26-27,29-33,35-36,38-42,44-45,47-53H2,1-3H3,(H,59,62)/b10-7-,19-16-,24-21-,28-25-,37-34-,46-43-. The van der Waals surface area contributed by atoms with Crippen molar-refractivity contribution < 1.29 is 24.5 Å². The topological polar surface area (TPSA) is 95.9 Å². The minimum absolute atomic E-state index is 0.00369. The number of ether oxygens (including phenoxy) is 1. The van der Waals surface area contributed by atoms with Crippen LogP contribution in [0.2, 0.25) is 0 Å². The summed E-state index contributed by atoms with van der Waals surface area (Å²) < 4.78 is 5.88. The number of esters is 1. The number of allylic oxidation sites excluding steroid dienone is 11. The molecule has 0 aliphatic carbocycles. The van der Waals surface area contributed by atoms with E-state index in [4.69, 9.17) is 4.74 Å². The lowest BCUT2D eigenvalue weighted by Crippen LogP contribution is -2.46. The van der Waals surface area contributed by atoms with Crippen LogP contribution in [-0.4, -0.2) is 46.9 Å². The Morgan fingerprint density at radius 2 is 0.875 bits per heavy atom. The molecule has 3 atom stereocenters. The molecule has 0 aliphatic heterocycles. The zero-order valence-corrected chi connectivity index (χ0v) is 42.1. The van der Waals surface area contributed by atoms with Gasteiger partial charge in [-0.1, -0.05) is 241 Å². The van der Waals surface area contributed by atoms with Gasteiger partial charge in [-0.3, -0.25) is 9.59 Å². The van der Waals surface area contributed by atoms with Crippen molar-refractivity contribution in [1.29, 1.82) is 0 Å². The molecule has 6 heteroatoms. The van der Waals surface area contributed by atoms with Gasteiger partial charge in [0.25, 0.3) is 0 Å². The Balaban J connectivity index is 4.69. The third-order valence-electron chi connectivity index (χ3n) is 12.0. The molecule has 0 aliphatic rings. The second-order valence-electron chi connectivity index (χ2n) is 18.3. The average molecular weight is 894 g/mol. The van der Waals surface area contributed by atoms with Gasteiger partial charge >= 0.3 is 5.97 Å². The van der Waals surface area contributed by atoms with Crippen LogP contribution in [0.15, 0.2) is 72.9 Å². The van der Waals surface area contributed by atoms with E-state index in [2.05, 4.69) is 86.8 Å². The van der Waals surface area contributed by atoms with Gasteiger partial charge in [-0.05, 0) is 70.6 Å². The van der Waals surface area contributed by atoms with Crippen molar-refractivity contribution in [3.05, 3.63) is 72.9 Å². The summed E-state index contributed by atoms with van der Waals surface area (Å²) in [6, 6.07) is -0.735. The number of hydrogen-bond acceptors (Lipinski definition) is 5. The highest BCUT2D eigenvalue weighted by molar-refractivity contribution is 5.77. The minimum atomic E-state index is -0.815. The van der Waals surface area contributed by atoms with Gasteiger partial charge in [0.1, 0.15) is 6.10 Å². The molecule has 0 heterocycles. The van der Waals surface area contributed by atoms with Gasteiger partial charge in [0.15, 0.2) is 0 Å². The molecule has 64 heavy (non-hydrogen) atoms. The van der Waals surface area contributed by atoms with Gasteiger partial charge in [0, 0.05) is 12.8 Å². The number of carbonyl (C=O) groups is 2. The Morgan fingerprint density at radius 3 is 1.33 bits per heavy atom. The molecule has 0 saturated heterocycles. The Labute approximate surface area is 396 Å². The van der Waals surface area contributed by atoms with E-state index >= 15 is 0 Å². The fraction of sp³-hybridized carbons (Fsp3) is 0.759. The third-order valence-corrected chi connectivity index (χ3v) is 12.0. The highest BCUT2D eigenvalue weighted by atomic mass is 16.5. The van der Waals surface area contributed by atoms with E-state index in [-0.39, 0.29) is 24.9 Å². The van der Waals surface area contributed by atoms with Gasteiger partial charge in [-0.2, -0.15) is 0 Å². The van der Waals surface area contributed by atoms with Crippen LogP contribution in [-0.2, 0) is 14.3 Å². The van der Waals surface area contributed by atoms with Crippen molar-refractivity contribution in [3.8, 4) is 0 Å². The van der Waals surface area contributed by atoms with Crippen molar-refractivity contribution in [3.63, 3.8) is 0 Å². The van der Waals surface area contributed by atoms with Crippen LogP contribution < -0.4 is 5.32 Å². The van der Waals surface area contributed by atoms with E-state index in [0.717, 1.165) is 70.6 Å². The first-order valence-electron chi connectivity index (χ1n) is 27.2. The first kappa shape index (κ1) is 61.3. The van der Waals surface area contributed by atoms with Crippen LogP contribution in [0.1, 0.15) is 258 Å². The summed E-state index contributed by atoms with van der Waals surface area (Å²) in [5.41, 5.74) is 0. The predicted molar refractivity (Wildman–Crippen MR) is 278 cm³/mol. The Morgan fingerprint density at radius 1 is 0.484 bits per heavy atom. The summed E-state index contributed by atoms with van der Waals surface area (Å²) in [7, 11) is 0. The molecule has 0 fully saturated rings. The van der Waals surface area contributed by atoms with Crippen LogP contribution >= 0.6 is 0 Å². The highest BCUT2D eigenvalue weighted by Crippen LogP contribution is 2.17. The highest BCUT2D eigenvalue weighted by Gasteiger charge is 2.23. The molecule has 0 spiro atoms. The van der Waals surface area contributed by atoms with Crippen molar-refractivity contribution in [2.75, 3.05) is 6.61 Å². The number of amides is 1. The van der Waals surface area contributed by atoms with Gasteiger partial charge in [0.2, 0.25) is 5.91 Å². The van der Waals surface area contributed by atoms with Crippen molar-refractivity contribution in [2.24, 2.45) is 0 Å². The minimum Gasteiger partial charge on any atom is -0.461 e. The maximum atomic E-state index is 13.2. The smallest absolute Gasteiger partial charge is 0.306 e. The summed E-state index contributed by atoms with van der Waals surface area (Å²) in [5, 5.41) is 23.8. The molecule has 370 valence electrons. The molecule has 0 aromatic heterocycles. The summed E-state index contributed by atoms with van der Waals surface area (Å²) in [6.45, 7) is 6.34. The monoisotopic (exact) mass is 894 g/mol. The van der Waals surface area contributed by atoms with Crippen LogP contribution in [0.25, 0.3) is 0 Å². The second kappa shape index (κ2) is 51.3. The number of carbonyl (C=O) groups excluding carboxylic acids is 2. The second-order valence-corrected chi connectivity index (χ2v) is 18.3. The largest absolute Gasteiger partial charge is 0.461 e. The lowest BCUT2D eigenvalue weighted by atomic mass is 10.0. The lowest BCUT2D eigenvalue weighted by molar-refractivity contribution is -0.150. The van der Waals surface area contributed by atoms with E-state index in [1.165, 1.54) is 141 Å². The van der Waals surface area contributed by atoms with Crippen LogP contribution in [0.3, 0.4) is 0 Å². The van der Waals surface area contributed by atoms with E-state index in [9.17, 15) is 19.8 Å². The summed E-state index contributed by atoms with van der Waals surface area (Å²) in [6.07, 6.45) is 65.5. The molecule has 0 aromatic carbocycles. The molecule has 3 unspecified atom stereocenters. The number of rotatable bonds is 48. The van der Waals surface area contributed by atoms with E-state index < -0.39 is 18.2 Å². The third kappa shape index (κ3) is 45.9. The normalized spacial score (nSPS) is 13.8. The first-order chi connectivity index (χ1) is 31.5. The molecule has 0 aromatic rings. The average Bonchev–Trinajstić information content (AvgIpc) is 3.29. The van der Waals surface area contributed by atoms with Gasteiger partial charge < -0.3 is 20.3 Å². The zero-order valence-electron chi connectivity index (χ0n) is 42.1. The summed E-state index contributed by atoms with van der Waals surface area (Å²) in [4.78, 5) is 26.2. The maximum absolute atomic E-state index is 13.2. The molecule has 0 saturated carbocycles. The molecule has 1 amide bonds. The molecule has 0 radical (unpaired) electrons. The van der Waals surface area contributed by atoms with Crippen molar-refractivity contribution in [1.82, 2.24) is 5.32 Å². The lowest BCUT2D eigenvalue weighted by Gasteiger charge is -2.24.